The first-order chi connectivity index (χ1) is 9.70. The topological polar surface area (TPSA) is 12.0 Å². The summed E-state index contributed by atoms with van der Waals surface area (Å²) in [5.41, 5.74) is 1.46. The third-order valence-corrected chi connectivity index (χ3v) is 4.36. The maximum Gasteiger partial charge on any atom is 0.131 e. The average Bonchev–Trinajstić information content (AvgIpc) is 2.91. The fourth-order valence-electron chi connectivity index (χ4n) is 2.46. The van der Waals surface area contributed by atoms with E-state index in [1.807, 2.05) is 29.6 Å². The fraction of sp³-hybridized carbons (Fsp3) is 0.125. The molecule has 4 heteroatoms. The van der Waals surface area contributed by atoms with Crippen molar-refractivity contribution in [2.45, 2.75) is 6.04 Å². The van der Waals surface area contributed by atoms with Gasteiger partial charge in [-0.1, -0.05) is 24.3 Å². The van der Waals surface area contributed by atoms with E-state index in [9.17, 15) is 8.78 Å². The predicted octanol–water partition coefficient (Wildman–Crippen LogP) is 4.49. The zero-order valence-corrected chi connectivity index (χ0v) is 11.7. The maximum atomic E-state index is 14.0. The molecule has 0 bridgehead atoms. The number of rotatable bonds is 3. The van der Waals surface area contributed by atoms with E-state index in [4.69, 9.17) is 0 Å². The van der Waals surface area contributed by atoms with E-state index in [-0.39, 0.29) is 6.04 Å². The molecule has 0 amide bonds. The molecule has 1 unspecified atom stereocenters. The largest absolute Gasteiger partial charge is 0.309 e. The van der Waals surface area contributed by atoms with Gasteiger partial charge < -0.3 is 5.32 Å². The highest BCUT2D eigenvalue weighted by Gasteiger charge is 2.19. The van der Waals surface area contributed by atoms with Crippen LogP contribution in [0, 0.1) is 11.6 Å². The smallest absolute Gasteiger partial charge is 0.131 e. The Hall–Kier alpha value is -1.78. The second kappa shape index (κ2) is 5.31. The summed E-state index contributed by atoms with van der Waals surface area (Å²) in [6.07, 6.45) is 0. The minimum absolute atomic E-state index is 0.294. The third kappa shape index (κ3) is 2.21. The summed E-state index contributed by atoms with van der Waals surface area (Å²) in [5.74, 6) is -1.09. The molecule has 1 heterocycles. The summed E-state index contributed by atoms with van der Waals surface area (Å²) in [4.78, 5) is 0. The lowest BCUT2D eigenvalue weighted by molar-refractivity contribution is 0.552. The molecule has 0 saturated carbocycles. The molecule has 1 N–H and O–H groups in total. The fourth-order valence-corrected chi connectivity index (χ4v) is 3.40. The molecule has 0 aliphatic heterocycles. The van der Waals surface area contributed by atoms with Crippen molar-refractivity contribution in [2.24, 2.45) is 0 Å². The molecule has 20 heavy (non-hydrogen) atoms. The molecule has 0 saturated heterocycles. The molecule has 3 aromatic rings. The lowest BCUT2D eigenvalue weighted by Crippen LogP contribution is -2.19. The van der Waals surface area contributed by atoms with Gasteiger partial charge in [0, 0.05) is 16.3 Å². The predicted molar refractivity (Wildman–Crippen MR) is 79.1 cm³/mol. The molecule has 1 atom stereocenters. The maximum absolute atomic E-state index is 14.0. The Morgan fingerprint density at radius 1 is 1.05 bits per heavy atom. The minimum atomic E-state index is -0.560. The van der Waals surface area contributed by atoms with Gasteiger partial charge in [-0.15, -0.1) is 11.3 Å². The second-order valence-electron chi connectivity index (χ2n) is 4.57. The molecule has 0 aliphatic carbocycles. The average molecular weight is 289 g/mol. The van der Waals surface area contributed by atoms with Crippen molar-refractivity contribution in [1.82, 2.24) is 5.32 Å². The lowest BCUT2D eigenvalue weighted by Gasteiger charge is -2.18. The standard InChI is InChI=1S/C16H13F2NS/c1-19-15(12-6-5-11(17)9-14(12)18)13-4-2-3-10-7-8-20-16(10)13/h2-9,15,19H,1H3. The number of thiophene rings is 1. The van der Waals surface area contributed by atoms with Crippen LogP contribution in [0.1, 0.15) is 17.2 Å². The van der Waals surface area contributed by atoms with E-state index in [1.54, 1.807) is 18.4 Å². The zero-order chi connectivity index (χ0) is 14.1. The van der Waals surface area contributed by atoms with Crippen molar-refractivity contribution < 1.29 is 8.78 Å². The Morgan fingerprint density at radius 2 is 1.90 bits per heavy atom. The molecular formula is C16H13F2NS. The van der Waals surface area contributed by atoms with Crippen molar-refractivity contribution in [3.05, 3.63) is 70.6 Å². The van der Waals surface area contributed by atoms with Gasteiger partial charge in [0.15, 0.2) is 0 Å². The van der Waals surface area contributed by atoms with Gasteiger partial charge in [0.1, 0.15) is 11.6 Å². The first kappa shape index (κ1) is 13.2. The first-order valence-electron chi connectivity index (χ1n) is 6.29. The Bertz CT molecular complexity index is 751. The monoisotopic (exact) mass is 289 g/mol. The summed E-state index contributed by atoms with van der Waals surface area (Å²) in [5, 5.41) is 6.27. The van der Waals surface area contributed by atoms with Crippen molar-refractivity contribution in [3.63, 3.8) is 0 Å². The van der Waals surface area contributed by atoms with Gasteiger partial charge in [-0.2, -0.15) is 0 Å². The molecule has 2 aromatic carbocycles. The van der Waals surface area contributed by atoms with Gasteiger partial charge in [0.25, 0.3) is 0 Å². The molecule has 0 spiro atoms. The van der Waals surface area contributed by atoms with E-state index >= 15 is 0 Å². The molecule has 0 fully saturated rings. The summed E-state index contributed by atoms with van der Waals surface area (Å²) in [6.45, 7) is 0. The lowest BCUT2D eigenvalue weighted by atomic mass is 9.97. The van der Waals surface area contributed by atoms with Crippen LogP contribution in [-0.2, 0) is 0 Å². The molecule has 102 valence electrons. The highest BCUT2D eigenvalue weighted by atomic mass is 32.1. The Balaban J connectivity index is 2.16. The number of nitrogens with one attached hydrogen (secondary N) is 1. The summed E-state index contributed by atoms with van der Waals surface area (Å²) < 4.78 is 28.2. The number of halogens is 2. The van der Waals surface area contributed by atoms with E-state index in [0.717, 1.165) is 21.7 Å². The summed E-state index contributed by atoms with van der Waals surface area (Å²) >= 11 is 1.62. The van der Waals surface area contributed by atoms with Crippen molar-refractivity contribution in [1.29, 1.82) is 0 Å². The number of benzene rings is 2. The molecule has 1 aromatic heterocycles. The van der Waals surface area contributed by atoms with Crippen LogP contribution in [0.2, 0.25) is 0 Å². The van der Waals surface area contributed by atoms with Crippen LogP contribution in [0.15, 0.2) is 47.8 Å². The summed E-state index contributed by atoms with van der Waals surface area (Å²) in [7, 11) is 1.78. The zero-order valence-electron chi connectivity index (χ0n) is 10.9. The van der Waals surface area contributed by atoms with E-state index < -0.39 is 11.6 Å². The van der Waals surface area contributed by atoms with Crippen molar-refractivity contribution >= 4 is 21.4 Å². The Labute approximate surface area is 119 Å². The molecule has 0 radical (unpaired) electrons. The van der Waals surface area contributed by atoms with Crippen molar-refractivity contribution in [3.8, 4) is 0 Å². The van der Waals surface area contributed by atoms with Gasteiger partial charge >= 0.3 is 0 Å². The number of fused-ring (bicyclic) bond motifs is 1. The van der Waals surface area contributed by atoms with Gasteiger partial charge in [0.05, 0.1) is 6.04 Å². The normalized spacial score (nSPS) is 12.8. The van der Waals surface area contributed by atoms with Crippen LogP contribution in [0.4, 0.5) is 8.78 Å². The van der Waals surface area contributed by atoms with E-state index in [0.29, 0.717) is 5.56 Å². The highest BCUT2D eigenvalue weighted by Crippen LogP contribution is 2.33. The van der Waals surface area contributed by atoms with Crippen LogP contribution in [0.5, 0.6) is 0 Å². The Morgan fingerprint density at radius 3 is 2.65 bits per heavy atom. The molecule has 3 rings (SSSR count). The van der Waals surface area contributed by atoms with Gasteiger partial charge in [-0.3, -0.25) is 0 Å². The highest BCUT2D eigenvalue weighted by molar-refractivity contribution is 7.17. The second-order valence-corrected chi connectivity index (χ2v) is 5.49. The quantitative estimate of drug-likeness (QED) is 0.749. The van der Waals surface area contributed by atoms with Crippen LogP contribution in [0.25, 0.3) is 10.1 Å². The van der Waals surface area contributed by atoms with Crippen molar-refractivity contribution in [2.75, 3.05) is 7.05 Å². The van der Waals surface area contributed by atoms with Gasteiger partial charge in [-0.05, 0) is 35.5 Å². The van der Waals surface area contributed by atoms with E-state index in [2.05, 4.69) is 5.32 Å². The third-order valence-electron chi connectivity index (χ3n) is 3.38. The Kier molecular flexibility index (Phi) is 3.51. The van der Waals surface area contributed by atoms with Crippen LogP contribution < -0.4 is 5.32 Å². The molecule has 0 aliphatic rings. The summed E-state index contributed by atoms with van der Waals surface area (Å²) in [6, 6.07) is 11.4. The minimum Gasteiger partial charge on any atom is -0.309 e. The number of hydrogen-bond acceptors (Lipinski definition) is 2. The first-order valence-corrected chi connectivity index (χ1v) is 7.17. The van der Waals surface area contributed by atoms with Crippen LogP contribution in [-0.4, -0.2) is 7.05 Å². The van der Waals surface area contributed by atoms with Gasteiger partial charge in [0.2, 0.25) is 0 Å². The van der Waals surface area contributed by atoms with Crippen LogP contribution in [0.3, 0.4) is 0 Å². The van der Waals surface area contributed by atoms with Crippen LogP contribution >= 0.6 is 11.3 Å². The van der Waals surface area contributed by atoms with Gasteiger partial charge in [-0.25, -0.2) is 8.78 Å². The SMILES string of the molecule is CNC(c1ccc(F)cc1F)c1cccc2ccsc12. The number of hydrogen-bond donors (Lipinski definition) is 1. The molecule has 1 nitrogen and oxygen atoms in total. The molecular weight excluding hydrogens is 276 g/mol. The van der Waals surface area contributed by atoms with E-state index in [1.165, 1.54) is 12.1 Å².